The lowest BCUT2D eigenvalue weighted by Crippen LogP contribution is -2.28. The summed E-state index contributed by atoms with van der Waals surface area (Å²) in [6.07, 6.45) is 2.59. The van der Waals surface area contributed by atoms with Crippen LogP contribution >= 0.6 is 11.6 Å². The van der Waals surface area contributed by atoms with E-state index < -0.39 is 10.0 Å². The number of anilines is 4. The normalized spacial score (nSPS) is 15.8. The van der Waals surface area contributed by atoms with Crippen molar-refractivity contribution in [3.05, 3.63) is 53.7 Å². The predicted octanol–water partition coefficient (Wildman–Crippen LogP) is 5.42. The van der Waals surface area contributed by atoms with Gasteiger partial charge in [0.05, 0.1) is 24.2 Å². The van der Waals surface area contributed by atoms with Crippen molar-refractivity contribution in [2.24, 2.45) is 5.92 Å². The Morgan fingerprint density at radius 2 is 1.93 bits per heavy atom. The standard InChI is InChI=1S/C28H37ClN6O4S/c1-5-35-14-13-21(18-35)39-20-11-12-23(25(15-20)38-6-2)33-28-30-17-22(29)27(34-28)32-24-9-7-8-10-26(24)40(36,37)31-16-19(3)4/h7-12,15,17,19,21,31H,5-6,13-14,16,18H2,1-4H3,(H2,30,32,33,34). The van der Waals surface area contributed by atoms with Crippen LogP contribution in [0.15, 0.2) is 53.6 Å². The average molecular weight is 589 g/mol. The Morgan fingerprint density at radius 3 is 2.65 bits per heavy atom. The quantitative estimate of drug-likeness (QED) is 0.240. The summed E-state index contributed by atoms with van der Waals surface area (Å²) in [4.78, 5) is 11.3. The van der Waals surface area contributed by atoms with Crippen molar-refractivity contribution in [3.63, 3.8) is 0 Å². The Labute approximate surface area is 241 Å². The summed E-state index contributed by atoms with van der Waals surface area (Å²) in [5.41, 5.74) is 1.00. The predicted molar refractivity (Wildman–Crippen MR) is 159 cm³/mol. The van der Waals surface area contributed by atoms with Crippen LogP contribution < -0.4 is 24.8 Å². The molecule has 1 saturated heterocycles. The molecule has 12 heteroatoms. The van der Waals surface area contributed by atoms with Crippen molar-refractivity contribution in [1.29, 1.82) is 0 Å². The molecule has 3 aromatic rings. The van der Waals surface area contributed by atoms with E-state index in [1.165, 1.54) is 12.3 Å². The van der Waals surface area contributed by atoms with E-state index in [4.69, 9.17) is 21.1 Å². The fourth-order valence-corrected chi connectivity index (χ4v) is 5.76. The third-order valence-electron chi connectivity index (χ3n) is 6.33. The van der Waals surface area contributed by atoms with Gasteiger partial charge < -0.3 is 20.1 Å². The van der Waals surface area contributed by atoms with Crippen molar-refractivity contribution < 1.29 is 17.9 Å². The summed E-state index contributed by atoms with van der Waals surface area (Å²) in [5.74, 6) is 2.02. The highest BCUT2D eigenvalue weighted by molar-refractivity contribution is 7.89. The van der Waals surface area contributed by atoms with E-state index in [1.807, 2.05) is 39.0 Å². The Balaban J connectivity index is 1.53. The van der Waals surface area contributed by atoms with Gasteiger partial charge in [0, 0.05) is 25.7 Å². The van der Waals surface area contributed by atoms with Gasteiger partial charge in [-0.05, 0) is 50.1 Å². The third-order valence-corrected chi connectivity index (χ3v) is 8.09. The Kier molecular flexibility index (Phi) is 10.1. The highest BCUT2D eigenvalue weighted by Gasteiger charge is 2.23. The number of benzene rings is 2. The van der Waals surface area contributed by atoms with Gasteiger partial charge in [-0.3, -0.25) is 4.90 Å². The summed E-state index contributed by atoms with van der Waals surface area (Å²) in [5, 5.41) is 6.48. The van der Waals surface area contributed by atoms with E-state index in [2.05, 4.69) is 37.1 Å². The minimum Gasteiger partial charge on any atom is -0.492 e. The summed E-state index contributed by atoms with van der Waals surface area (Å²) in [6.45, 7) is 11.7. The topological polar surface area (TPSA) is 118 Å². The first-order valence-corrected chi connectivity index (χ1v) is 15.4. The number of aromatic nitrogens is 2. The number of hydrogen-bond acceptors (Lipinski definition) is 9. The molecule has 1 aromatic heterocycles. The Hall–Kier alpha value is -3.12. The number of ether oxygens (including phenoxy) is 2. The van der Waals surface area contributed by atoms with Crippen LogP contribution in [0, 0.1) is 5.92 Å². The van der Waals surface area contributed by atoms with Gasteiger partial charge >= 0.3 is 0 Å². The van der Waals surface area contributed by atoms with Gasteiger partial charge in [0.15, 0.2) is 5.82 Å². The van der Waals surface area contributed by atoms with E-state index in [9.17, 15) is 8.42 Å². The average Bonchev–Trinajstić information content (AvgIpc) is 3.39. The molecule has 4 rings (SSSR count). The lowest BCUT2D eigenvalue weighted by Gasteiger charge is -2.18. The van der Waals surface area contributed by atoms with Crippen molar-refractivity contribution >= 4 is 44.8 Å². The second-order valence-electron chi connectivity index (χ2n) is 9.89. The minimum absolute atomic E-state index is 0.0957. The molecule has 2 aromatic carbocycles. The van der Waals surface area contributed by atoms with Crippen LogP contribution in [0.5, 0.6) is 11.5 Å². The lowest BCUT2D eigenvalue weighted by molar-refractivity contribution is 0.201. The number of hydrogen-bond donors (Lipinski definition) is 3. The fourth-order valence-electron chi connectivity index (χ4n) is 4.25. The van der Waals surface area contributed by atoms with E-state index in [1.54, 1.807) is 18.2 Å². The van der Waals surface area contributed by atoms with Crippen molar-refractivity contribution in [3.8, 4) is 11.5 Å². The molecule has 0 aliphatic carbocycles. The molecule has 0 saturated carbocycles. The summed E-state index contributed by atoms with van der Waals surface area (Å²) >= 11 is 6.40. The zero-order chi connectivity index (χ0) is 28.7. The molecule has 2 heterocycles. The number of para-hydroxylation sites is 1. The number of nitrogens with one attached hydrogen (secondary N) is 3. The number of likely N-dealkylation sites (N-methyl/N-ethyl adjacent to an activating group) is 1. The number of halogens is 1. The largest absolute Gasteiger partial charge is 0.492 e. The highest BCUT2D eigenvalue weighted by atomic mass is 35.5. The van der Waals surface area contributed by atoms with Gasteiger partial charge in [-0.25, -0.2) is 18.1 Å². The molecular formula is C28H37ClN6O4S. The molecule has 3 N–H and O–H groups in total. The number of sulfonamides is 1. The second kappa shape index (κ2) is 13.5. The van der Waals surface area contributed by atoms with Gasteiger partial charge in [-0.1, -0.05) is 44.5 Å². The summed E-state index contributed by atoms with van der Waals surface area (Å²) < 4.78 is 40.6. The number of likely N-dealkylation sites (tertiary alicyclic amines) is 1. The summed E-state index contributed by atoms with van der Waals surface area (Å²) in [6, 6.07) is 12.2. The van der Waals surface area contributed by atoms with E-state index >= 15 is 0 Å². The lowest BCUT2D eigenvalue weighted by atomic mass is 10.2. The first-order valence-electron chi connectivity index (χ1n) is 13.5. The van der Waals surface area contributed by atoms with Crippen molar-refractivity contribution in [2.45, 2.75) is 45.1 Å². The number of rotatable bonds is 13. The van der Waals surface area contributed by atoms with Crippen LogP contribution in [0.2, 0.25) is 5.02 Å². The van der Waals surface area contributed by atoms with Crippen molar-refractivity contribution in [1.82, 2.24) is 19.6 Å². The SMILES string of the molecule is CCOc1cc(OC2CCN(CC)C2)ccc1Nc1ncc(Cl)c(Nc2ccccc2S(=O)(=O)NCC(C)C)n1. The molecular weight excluding hydrogens is 552 g/mol. The van der Waals surface area contributed by atoms with Crippen LogP contribution in [-0.2, 0) is 10.0 Å². The molecule has 1 aliphatic heterocycles. The maximum absolute atomic E-state index is 13.0. The summed E-state index contributed by atoms with van der Waals surface area (Å²) in [7, 11) is -3.75. The van der Waals surface area contributed by atoms with Crippen LogP contribution in [0.4, 0.5) is 23.1 Å². The highest BCUT2D eigenvalue weighted by Crippen LogP contribution is 2.34. The zero-order valence-electron chi connectivity index (χ0n) is 23.3. The monoisotopic (exact) mass is 588 g/mol. The first kappa shape index (κ1) is 29.9. The molecule has 1 aliphatic rings. The van der Waals surface area contributed by atoms with Gasteiger partial charge in [0.25, 0.3) is 0 Å². The van der Waals surface area contributed by atoms with Gasteiger partial charge in [-0.2, -0.15) is 4.98 Å². The fraction of sp³-hybridized carbons (Fsp3) is 0.429. The van der Waals surface area contributed by atoms with Gasteiger partial charge in [0.1, 0.15) is 27.5 Å². The molecule has 0 radical (unpaired) electrons. The van der Waals surface area contributed by atoms with E-state index in [-0.39, 0.29) is 33.7 Å². The van der Waals surface area contributed by atoms with E-state index in [0.29, 0.717) is 30.3 Å². The Bertz CT molecular complexity index is 1410. The zero-order valence-corrected chi connectivity index (χ0v) is 24.8. The molecule has 0 bridgehead atoms. The van der Waals surface area contributed by atoms with Crippen molar-refractivity contribution in [2.75, 3.05) is 43.4 Å². The molecule has 10 nitrogen and oxygen atoms in total. The van der Waals surface area contributed by atoms with Crippen LogP contribution in [-0.4, -0.2) is 62.2 Å². The maximum Gasteiger partial charge on any atom is 0.242 e. The Morgan fingerprint density at radius 1 is 1.12 bits per heavy atom. The molecule has 1 atom stereocenters. The second-order valence-corrected chi connectivity index (χ2v) is 12.0. The molecule has 1 unspecified atom stereocenters. The minimum atomic E-state index is -3.75. The molecule has 1 fully saturated rings. The molecule has 216 valence electrons. The van der Waals surface area contributed by atoms with E-state index in [0.717, 1.165) is 31.8 Å². The van der Waals surface area contributed by atoms with Crippen LogP contribution in [0.3, 0.4) is 0 Å². The molecule has 0 spiro atoms. The van der Waals surface area contributed by atoms with Gasteiger partial charge in [-0.15, -0.1) is 0 Å². The van der Waals surface area contributed by atoms with Crippen LogP contribution in [0.25, 0.3) is 0 Å². The van der Waals surface area contributed by atoms with Gasteiger partial charge in [0.2, 0.25) is 16.0 Å². The molecule has 40 heavy (non-hydrogen) atoms. The molecule has 0 amide bonds. The third kappa shape index (κ3) is 7.75. The first-order chi connectivity index (χ1) is 19.2. The number of nitrogens with zero attached hydrogens (tertiary/aromatic N) is 3. The maximum atomic E-state index is 13.0. The van der Waals surface area contributed by atoms with Crippen LogP contribution in [0.1, 0.15) is 34.1 Å². The smallest absolute Gasteiger partial charge is 0.242 e.